The van der Waals surface area contributed by atoms with E-state index in [2.05, 4.69) is 5.32 Å². The molecule has 4 nitrogen and oxygen atoms in total. The third-order valence-electron chi connectivity index (χ3n) is 1.09. The molecule has 0 aromatic rings. The number of rotatable bonds is 0. The molecular formula is C6H10Cl3NO3. The summed E-state index contributed by atoms with van der Waals surface area (Å²) >= 11 is 14.4. The molecule has 0 saturated carbocycles. The van der Waals surface area contributed by atoms with E-state index in [4.69, 9.17) is 44.6 Å². The van der Waals surface area contributed by atoms with Gasteiger partial charge in [0, 0.05) is 13.1 Å². The SMILES string of the molecule is C1COCCN1.O=C(O)C(Cl)(Cl)Cl. The molecule has 0 amide bonds. The van der Waals surface area contributed by atoms with Gasteiger partial charge in [0.15, 0.2) is 0 Å². The molecule has 7 heteroatoms. The van der Waals surface area contributed by atoms with Crippen LogP contribution >= 0.6 is 34.8 Å². The minimum absolute atomic E-state index is 0.889. The van der Waals surface area contributed by atoms with Crippen LogP contribution in [0.25, 0.3) is 0 Å². The van der Waals surface area contributed by atoms with E-state index in [0.29, 0.717) is 0 Å². The van der Waals surface area contributed by atoms with Gasteiger partial charge in [0.1, 0.15) is 0 Å². The quantitative estimate of drug-likeness (QED) is 0.631. The van der Waals surface area contributed by atoms with Crippen LogP contribution in [0.4, 0.5) is 0 Å². The van der Waals surface area contributed by atoms with Gasteiger partial charge in [-0.25, -0.2) is 4.79 Å². The number of carboxylic acid groups (broad SMARTS) is 1. The predicted molar refractivity (Wildman–Crippen MR) is 51.6 cm³/mol. The lowest BCUT2D eigenvalue weighted by Crippen LogP contribution is -2.30. The van der Waals surface area contributed by atoms with Crippen LogP contribution in [0.3, 0.4) is 0 Å². The maximum atomic E-state index is 9.62. The molecule has 0 aromatic carbocycles. The van der Waals surface area contributed by atoms with Crippen molar-refractivity contribution in [2.24, 2.45) is 0 Å². The maximum Gasteiger partial charge on any atom is 0.356 e. The fraction of sp³-hybridized carbons (Fsp3) is 0.833. The van der Waals surface area contributed by atoms with Gasteiger partial charge in [0.05, 0.1) is 13.2 Å². The van der Waals surface area contributed by atoms with Crippen LogP contribution in [0.1, 0.15) is 0 Å². The molecule has 0 aromatic heterocycles. The van der Waals surface area contributed by atoms with Crippen LogP contribution in [0.2, 0.25) is 0 Å². The molecule has 1 fully saturated rings. The Morgan fingerprint density at radius 3 is 1.77 bits per heavy atom. The molecule has 0 radical (unpaired) electrons. The minimum atomic E-state index is -2.17. The normalized spacial score (nSPS) is 17.2. The zero-order valence-electron chi connectivity index (χ0n) is 6.73. The van der Waals surface area contributed by atoms with Crippen LogP contribution in [0, 0.1) is 0 Å². The van der Waals surface area contributed by atoms with Crippen molar-refractivity contribution in [2.45, 2.75) is 3.79 Å². The number of nitrogens with one attached hydrogen (secondary N) is 1. The number of hydrogen-bond acceptors (Lipinski definition) is 3. The standard InChI is InChI=1S/C4H9NO.C2HCl3O2/c1-3-6-4-2-5-1;3-2(4,5)1(6)7/h5H,1-4H2;(H,6,7). The van der Waals surface area contributed by atoms with Gasteiger partial charge in [-0.3, -0.25) is 0 Å². The van der Waals surface area contributed by atoms with E-state index in [1.165, 1.54) is 0 Å². The Kier molecular flexibility index (Phi) is 6.81. The Morgan fingerprint density at radius 2 is 1.69 bits per heavy atom. The van der Waals surface area contributed by atoms with E-state index in [0.717, 1.165) is 26.3 Å². The van der Waals surface area contributed by atoms with Crippen LogP contribution < -0.4 is 5.32 Å². The van der Waals surface area contributed by atoms with Crippen LogP contribution in [-0.4, -0.2) is 41.2 Å². The Labute approximate surface area is 91.1 Å². The molecular weight excluding hydrogens is 240 g/mol. The molecule has 1 saturated heterocycles. The largest absolute Gasteiger partial charge is 0.478 e. The van der Waals surface area contributed by atoms with Crippen molar-refractivity contribution in [1.29, 1.82) is 0 Å². The van der Waals surface area contributed by atoms with E-state index in [1.807, 2.05) is 0 Å². The number of carboxylic acids is 1. The molecule has 0 bridgehead atoms. The average molecular weight is 251 g/mol. The predicted octanol–water partition coefficient (Wildman–Crippen LogP) is 1.05. The van der Waals surface area contributed by atoms with Gasteiger partial charge in [0.25, 0.3) is 3.79 Å². The Morgan fingerprint density at radius 1 is 1.31 bits per heavy atom. The zero-order valence-corrected chi connectivity index (χ0v) is 8.99. The molecule has 0 aliphatic carbocycles. The highest BCUT2D eigenvalue weighted by Gasteiger charge is 2.29. The van der Waals surface area contributed by atoms with Crippen LogP contribution in [-0.2, 0) is 9.53 Å². The first kappa shape index (κ1) is 13.3. The van der Waals surface area contributed by atoms with Gasteiger partial charge in [-0.1, -0.05) is 34.8 Å². The van der Waals surface area contributed by atoms with Gasteiger partial charge in [-0.15, -0.1) is 0 Å². The van der Waals surface area contributed by atoms with Crippen molar-refractivity contribution in [3.8, 4) is 0 Å². The van der Waals surface area contributed by atoms with E-state index in [-0.39, 0.29) is 0 Å². The Bertz CT molecular complexity index is 144. The first-order valence-electron chi connectivity index (χ1n) is 3.53. The molecule has 1 rings (SSSR count). The molecule has 0 unspecified atom stereocenters. The molecule has 0 atom stereocenters. The summed E-state index contributed by atoms with van der Waals surface area (Å²) in [5, 5.41) is 11.0. The maximum absolute atomic E-state index is 9.62. The smallest absolute Gasteiger partial charge is 0.356 e. The highest BCUT2D eigenvalue weighted by Crippen LogP contribution is 2.25. The summed E-state index contributed by atoms with van der Waals surface area (Å²) < 4.78 is 2.84. The molecule has 1 heterocycles. The summed E-state index contributed by atoms with van der Waals surface area (Å²) in [5.41, 5.74) is 0. The van der Waals surface area contributed by atoms with E-state index in [9.17, 15) is 4.79 Å². The van der Waals surface area contributed by atoms with Gasteiger partial charge in [0.2, 0.25) is 0 Å². The first-order chi connectivity index (χ1) is 5.94. The van der Waals surface area contributed by atoms with E-state index < -0.39 is 9.76 Å². The summed E-state index contributed by atoms with van der Waals surface area (Å²) in [6.07, 6.45) is 0. The number of alkyl halides is 3. The fourth-order valence-electron chi connectivity index (χ4n) is 0.516. The Balaban J connectivity index is 0.000000223. The average Bonchev–Trinajstić information content (AvgIpc) is 2.07. The first-order valence-corrected chi connectivity index (χ1v) is 4.66. The van der Waals surface area contributed by atoms with Gasteiger partial charge in [-0.2, -0.15) is 0 Å². The molecule has 13 heavy (non-hydrogen) atoms. The second-order valence-corrected chi connectivity index (χ2v) is 4.45. The lowest BCUT2D eigenvalue weighted by atomic mass is 10.5. The van der Waals surface area contributed by atoms with Crippen molar-refractivity contribution in [3.05, 3.63) is 0 Å². The lowest BCUT2D eigenvalue weighted by molar-refractivity contribution is -0.135. The number of halogens is 3. The summed E-state index contributed by atoms with van der Waals surface area (Å²) in [4.78, 5) is 9.62. The number of ether oxygens (including phenoxy) is 1. The monoisotopic (exact) mass is 249 g/mol. The molecule has 0 spiro atoms. The van der Waals surface area contributed by atoms with Crippen molar-refractivity contribution < 1.29 is 14.6 Å². The van der Waals surface area contributed by atoms with Crippen molar-refractivity contribution >= 4 is 40.8 Å². The lowest BCUT2D eigenvalue weighted by Gasteiger charge is -2.10. The molecule has 1 aliphatic heterocycles. The highest BCUT2D eigenvalue weighted by molar-refractivity contribution is 6.75. The van der Waals surface area contributed by atoms with E-state index >= 15 is 0 Å². The number of morpholine rings is 1. The Hall–Kier alpha value is 0.260. The van der Waals surface area contributed by atoms with Crippen LogP contribution in [0.5, 0.6) is 0 Å². The summed E-state index contributed by atoms with van der Waals surface area (Å²) in [5.74, 6) is -1.46. The van der Waals surface area contributed by atoms with Crippen molar-refractivity contribution in [3.63, 3.8) is 0 Å². The van der Waals surface area contributed by atoms with Crippen molar-refractivity contribution in [2.75, 3.05) is 26.3 Å². The van der Waals surface area contributed by atoms with Crippen molar-refractivity contribution in [1.82, 2.24) is 5.32 Å². The number of aliphatic carboxylic acids is 1. The molecule has 2 N–H and O–H groups in total. The third kappa shape index (κ3) is 8.59. The zero-order chi connectivity index (χ0) is 10.3. The van der Waals surface area contributed by atoms with E-state index in [1.54, 1.807) is 0 Å². The number of hydrogen-bond donors (Lipinski definition) is 2. The minimum Gasteiger partial charge on any atom is -0.478 e. The summed E-state index contributed by atoms with van der Waals surface area (Å²) in [6.45, 7) is 3.83. The van der Waals surface area contributed by atoms with Gasteiger partial charge in [-0.05, 0) is 0 Å². The van der Waals surface area contributed by atoms with Gasteiger partial charge >= 0.3 is 5.97 Å². The third-order valence-corrected chi connectivity index (χ3v) is 1.57. The molecule has 78 valence electrons. The highest BCUT2D eigenvalue weighted by atomic mass is 35.6. The number of carbonyl (C=O) groups is 1. The second-order valence-electron chi connectivity index (χ2n) is 2.17. The van der Waals surface area contributed by atoms with Crippen LogP contribution in [0.15, 0.2) is 0 Å². The topological polar surface area (TPSA) is 58.6 Å². The fourth-order valence-corrected chi connectivity index (χ4v) is 0.516. The van der Waals surface area contributed by atoms with Gasteiger partial charge < -0.3 is 15.2 Å². The summed E-state index contributed by atoms with van der Waals surface area (Å²) in [7, 11) is 0. The molecule has 1 aliphatic rings. The second kappa shape index (κ2) is 6.68. The summed E-state index contributed by atoms with van der Waals surface area (Å²) in [6, 6.07) is 0.